The van der Waals surface area contributed by atoms with E-state index in [0.29, 0.717) is 23.6 Å². The molecule has 0 saturated carbocycles. The molecule has 3 aromatic rings. The van der Waals surface area contributed by atoms with Gasteiger partial charge in [0.1, 0.15) is 18.4 Å². The fraction of sp³-hybridized carbons (Fsp3) is 0.304. The van der Waals surface area contributed by atoms with E-state index < -0.39 is 6.10 Å². The van der Waals surface area contributed by atoms with E-state index in [1.54, 1.807) is 12.3 Å². The number of pyridine rings is 1. The van der Waals surface area contributed by atoms with Gasteiger partial charge in [-0.05, 0) is 35.7 Å². The maximum atomic E-state index is 11.5. The van der Waals surface area contributed by atoms with Crippen LogP contribution in [-0.2, 0) is 27.4 Å². The topological polar surface area (TPSA) is 127 Å². The van der Waals surface area contributed by atoms with Gasteiger partial charge >= 0.3 is 5.97 Å². The number of rotatable bonds is 7. The van der Waals surface area contributed by atoms with Crippen LogP contribution in [0.2, 0.25) is 0 Å². The molecule has 4 rings (SSSR count). The Labute approximate surface area is 184 Å². The van der Waals surface area contributed by atoms with E-state index in [1.165, 1.54) is 13.8 Å². The molecule has 0 fully saturated rings. The fourth-order valence-corrected chi connectivity index (χ4v) is 3.74. The number of aliphatic hydroxyl groups excluding tert-OH is 1. The molecule has 1 aliphatic heterocycles. The van der Waals surface area contributed by atoms with Crippen molar-refractivity contribution in [3.05, 3.63) is 53.9 Å². The van der Waals surface area contributed by atoms with E-state index in [-0.39, 0.29) is 31.1 Å². The molecule has 9 nitrogen and oxygen atoms in total. The van der Waals surface area contributed by atoms with Crippen LogP contribution in [0.4, 0.5) is 5.69 Å². The van der Waals surface area contributed by atoms with E-state index in [1.807, 2.05) is 24.3 Å². The number of anilines is 1. The summed E-state index contributed by atoms with van der Waals surface area (Å²) in [7, 11) is 0. The number of nitrogens with zero attached hydrogens (tertiary/aromatic N) is 2. The molecule has 9 heteroatoms. The number of aliphatic hydroxyl groups is 1. The molecule has 0 bridgehead atoms. The number of nitrogens with one attached hydrogen (secondary N) is 2. The predicted molar refractivity (Wildman–Crippen MR) is 116 cm³/mol. The third-order valence-corrected chi connectivity index (χ3v) is 5.28. The van der Waals surface area contributed by atoms with Crippen LogP contribution in [0.3, 0.4) is 0 Å². The third kappa shape index (κ3) is 4.78. The molecule has 0 saturated heterocycles. The minimum absolute atomic E-state index is 0.135. The number of carbonyl (C=O) groups is 2. The van der Waals surface area contributed by atoms with Crippen molar-refractivity contribution < 1.29 is 24.0 Å². The first-order chi connectivity index (χ1) is 15.4. The number of hydrogen-bond donors (Lipinski definition) is 3. The molecule has 1 aliphatic rings. The summed E-state index contributed by atoms with van der Waals surface area (Å²) < 4.78 is 10.5. The molecule has 0 radical (unpaired) electrons. The predicted octanol–water partition coefficient (Wildman–Crippen LogP) is 2.30. The van der Waals surface area contributed by atoms with E-state index in [0.717, 1.165) is 22.4 Å². The van der Waals surface area contributed by atoms with Gasteiger partial charge in [-0.25, -0.2) is 0 Å². The maximum Gasteiger partial charge on any atom is 0.303 e. The van der Waals surface area contributed by atoms with Crippen molar-refractivity contribution in [1.29, 1.82) is 0 Å². The number of amides is 1. The average molecular weight is 436 g/mol. The Hall–Kier alpha value is -3.72. The van der Waals surface area contributed by atoms with Gasteiger partial charge in [0.25, 0.3) is 0 Å². The molecule has 0 spiro atoms. The lowest BCUT2D eigenvalue weighted by molar-refractivity contribution is -0.147. The van der Waals surface area contributed by atoms with Gasteiger partial charge in [-0.1, -0.05) is 17.3 Å². The quantitative estimate of drug-likeness (QED) is 0.482. The highest BCUT2D eigenvalue weighted by molar-refractivity contribution is 5.73. The van der Waals surface area contributed by atoms with Crippen molar-refractivity contribution in [3.8, 4) is 22.5 Å². The lowest BCUT2D eigenvalue weighted by atomic mass is 10.0. The van der Waals surface area contributed by atoms with Gasteiger partial charge in [0.2, 0.25) is 5.91 Å². The number of fused-ring (bicyclic) bond motifs is 1. The fourth-order valence-electron chi connectivity index (χ4n) is 3.74. The molecule has 1 amide bonds. The second-order valence-corrected chi connectivity index (χ2v) is 7.68. The van der Waals surface area contributed by atoms with E-state index in [9.17, 15) is 9.59 Å². The number of aromatic nitrogens is 2. The third-order valence-electron chi connectivity index (χ3n) is 5.28. The van der Waals surface area contributed by atoms with Gasteiger partial charge in [0.15, 0.2) is 5.76 Å². The van der Waals surface area contributed by atoms with Crippen LogP contribution in [-0.4, -0.2) is 45.8 Å². The van der Waals surface area contributed by atoms with Gasteiger partial charge < -0.3 is 25.0 Å². The van der Waals surface area contributed by atoms with Gasteiger partial charge in [0.05, 0.1) is 18.3 Å². The Kier molecular flexibility index (Phi) is 6.18. The van der Waals surface area contributed by atoms with Crippen LogP contribution in [0.1, 0.15) is 25.2 Å². The summed E-state index contributed by atoms with van der Waals surface area (Å²) in [5, 5.41) is 19.1. The van der Waals surface area contributed by atoms with Crippen LogP contribution < -0.4 is 10.6 Å². The van der Waals surface area contributed by atoms with Crippen molar-refractivity contribution in [1.82, 2.24) is 15.5 Å². The van der Waals surface area contributed by atoms with E-state index in [4.69, 9.17) is 14.4 Å². The van der Waals surface area contributed by atoms with Gasteiger partial charge in [0, 0.05) is 37.4 Å². The van der Waals surface area contributed by atoms with Crippen molar-refractivity contribution in [2.24, 2.45) is 0 Å². The van der Waals surface area contributed by atoms with Crippen molar-refractivity contribution in [2.45, 2.75) is 39.0 Å². The zero-order valence-corrected chi connectivity index (χ0v) is 17.8. The Balaban J connectivity index is 1.49. The van der Waals surface area contributed by atoms with Gasteiger partial charge in [-0.2, -0.15) is 0 Å². The summed E-state index contributed by atoms with van der Waals surface area (Å²) in [6.07, 6.45) is 1.96. The molecule has 0 aliphatic carbocycles. The number of benzene rings is 1. The number of ether oxygens (including phenoxy) is 1. The molecule has 3 N–H and O–H groups in total. The summed E-state index contributed by atoms with van der Waals surface area (Å²) in [5.41, 5.74) is 5.25. The second kappa shape index (κ2) is 9.19. The summed E-state index contributed by atoms with van der Waals surface area (Å²) in [6, 6.07) is 11.4. The number of hydrogen-bond acceptors (Lipinski definition) is 8. The minimum atomic E-state index is -0.473. The Morgan fingerprint density at radius 1 is 1.22 bits per heavy atom. The first-order valence-corrected chi connectivity index (χ1v) is 10.3. The lowest BCUT2D eigenvalue weighted by Crippen LogP contribution is -2.43. The molecule has 166 valence electrons. The summed E-state index contributed by atoms with van der Waals surface area (Å²) in [4.78, 5) is 27.3. The average Bonchev–Trinajstić information content (AvgIpc) is 3.43. The highest BCUT2D eigenvalue weighted by atomic mass is 16.5. The summed E-state index contributed by atoms with van der Waals surface area (Å²) >= 11 is 0. The SMILES string of the molecule is CC(=O)NCC(OC(C)=O)[C@@H]1Cc2cc(-c3ccc(-c4cc(CO)on4)nc3)ccc2N1. The Morgan fingerprint density at radius 3 is 2.69 bits per heavy atom. The molecule has 2 aromatic heterocycles. The second-order valence-electron chi connectivity index (χ2n) is 7.68. The van der Waals surface area contributed by atoms with Crippen molar-refractivity contribution in [3.63, 3.8) is 0 Å². The van der Waals surface area contributed by atoms with Crippen LogP contribution in [0, 0.1) is 0 Å². The lowest BCUT2D eigenvalue weighted by Gasteiger charge is -2.24. The Bertz CT molecular complexity index is 1130. The zero-order chi connectivity index (χ0) is 22.7. The molecule has 32 heavy (non-hydrogen) atoms. The molecule has 3 heterocycles. The maximum absolute atomic E-state index is 11.5. The summed E-state index contributed by atoms with van der Waals surface area (Å²) in [5.74, 6) is -0.172. The molecule has 1 aromatic carbocycles. The number of carbonyl (C=O) groups excluding carboxylic acids is 2. The first-order valence-electron chi connectivity index (χ1n) is 10.3. The highest BCUT2D eigenvalue weighted by Crippen LogP contribution is 2.32. The molecular weight excluding hydrogens is 412 g/mol. The zero-order valence-electron chi connectivity index (χ0n) is 17.8. The monoisotopic (exact) mass is 436 g/mol. The van der Waals surface area contributed by atoms with Crippen molar-refractivity contribution >= 4 is 17.6 Å². The van der Waals surface area contributed by atoms with Crippen LogP contribution in [0.25, 0.3) is 22.5 Å². The van der Waals surface area contributed by atoms with Gasteiger partial charge in [-0.3, -0.25) is 14.6 Å². The van der Waals surface area contributed by atoms with E-state index >= 15 is 0 Å². The summed E-state index contributed by atoms with van der Waals surface area (Å²) in [6.45, 7) is 2.83. The van der Waals surface area contributed by atoms with E-state index in [2.05, 4.69) is 26.8 Å². The van der Waals surface area contributed by atoms with Crippen molar-refractivity contribution in [2.75, 3.05) is 11.9 Å². The molecular formula is C23H24N4O5. The van der Waals surface area contributed by atoms with Crippen LogP contribution >= 0.6 is 0 Å². The minimum Gasteiger partial charge on any atom is -0.458 e. The normalized spacial score (nSPS) is 15.5. The number of esters is 1. The largest absolute Gasteiger partial charge is 0.458 e. The van der Waals surface area contributed by atoms with Crippen LogP contribution in [0.5, 0.6) is 0 Å². The molecule has 1 unspecified atom stereocenters. The highest BCUT2D eigenvalue weighted by Gasteiger charge is 2.30. The standard InChI is InChI=1S/C23H24N4O5/c1-13(29)24-11-23(31-14(2)30)22-8-17-7-15(3-5-19(17)26-22)16-4-6-20(25-10-16)21-9-18(12-28)32-27-21/h3-7,9-10,22-23,26,28H,8,11-12H2,1-2H3,(H,24,29)/t22-,23?/m0/s1. The van der Waals surface area contributed by atoms with Crippen LogP contribution in [0.15, 0.2) is 47.1 Å². The first kappa shape index (κ1) is 21.5. The van der Waals surface area contributed by atoms with Gasteiger partial charge in [-0.15, -0.1) is 0 Å². The molecule has 2 atom stereocenters. The Morgan fingerprint density at radius 2 is 2.03 bits per heavy atom. The smallest absolute Gasteiger partial charge is 0.303 e.